The highest BCUT2D eigenvalue weighted by Crippen LogP contribution is 2.22. The monoisotopic (exact) mass is 305 g/mol. The van der Waals surface area contributed by atoms with Gasteiger partial charge in [-0.1, -0.05) is 17.5 Å². The van der Waals surface area contributed by atoms with Gasteiger partial charge in [-0.3, -0.25) is 15.0 Å². The lowest BCUT2D eigenvalue weighted by atomic mass is 10.00. The molecule has 1 aromatic carbocycles. The fourth-order valence-electron chi connectivity index (χ4n) is 2.47. The molecule has 21 heavy (non-hydrogen) atoms. The summed E-state index contributed by atoms with van der Waals surface area (Å²) in [4.78, 5) is 25.9. The van der Waals surface area contributed by atoms with Crippen LogP contribution < -0.4 is 11.3 Å². The van der Waals surface area contributed by atoms with E-state index in [1.165, 1.54) is 11.0 Å². The molecule has 0 spiro atoms. The molecule has 2 amide bonds. The van der Waals surface area contributed by atoms with E-state index in [9.17, 15) is 9.59 Å². The van der Waals surface area contributed by atoms with Gasteiger partial charge in [-0.05, 0) is 37.5 Å². The standard InChI is InChI=1S/C15H16ClN3O2/c1-2-10-6-7-11(9-12(10)16)15(21)19-8-4-3-5-13(19)14(20)18-17/h1,6-7,9,13H,3-5,8,17H2,(H,18,20)/t13-/m0/s1. The van der Waals surface area contributed by atoms with Crippen LogP contribution in [-0.4, -0.2) is 29.3 Å². The van der Waals surface area contributed by atoms with E-state index in [0.717, 1.165) is 12.8 Å². The van der Waals surface area contributed by atoms with Gasteiger partial charge in [-0.2, -0.15) is 0 Å². The van der Waals surface area contributed by atoms with Gasteiger partial charge in [0.05, 0.1) is 5.02 Å². The molecule has 2 rings (SSSR count). The number of nitrogens with zero attached hydrogens (tertiary/aromatic N) is 1. The summed E-state index contributed by atoms with van der Waals surface area (Å²) in [6.07, 6.45) is 7.65. The Bertz CT molecular complexity index is 609. The summed E-state index contributed by atoms with van der Waals surface area (Å²) < 4.78 is 0. The number of amides is 2. The lowest BCUT2D eigenvalue weighted by Crippen LogP contribution is -2.53. The number of rotatable bonds is 2. The van der Waals surface area contributed by atoms with Crippen LogP contribution in [0.4, 0.5) is 0 Å². The first-order chi connectivity index (χ1) is 10.1. The predicted molar refractivity (Wildman–Crippen MR) is 80.4 cm³/mol. The topological polar surface area (TPSA) is 75.4 Å². The van der Waals surface area contributed by atoms with Gasteiger partial charge < -0.3 is 4.90 Å². The van der Waals surface area contributed by atoms with Gasteiger partial charge in [0.25, 0.3) is 11.8 Å². The van der Waals surface area contributed by atoms with Crippen molar-refractivity contribution in [3.05, 3.63) is 34.3 Å². The summed E-state index contributed by atoms with van der Waals surface area (Å²) in [5.74, 6) is 7.03. The number of hydrogen-bond acceptors (Lipinski definition) is 3. The molecule has 1 saturated heterocycles. The predicted octanol–water partition coefficient (Wildman–Crippen LogP) is 1.31. The Morgan fingerprint density at radius 3 is 2.81 bits per heavy atom. The van der Waals surface area contributed by atoms with Crippen molar-refractivity contribution in [3.8, 4) is 12.3 Å². The zero-order chi connectivity index (χ0) is 15.4. The van der Waals surface area contributed by atoms with Crippen molar-refractivity contribution >= 4 is 23.4 Å². The molecule has 0 unspecified atom stereocenters. The van der Waals surface area contributed by atoms with Crippen LogP contribution in [0.2, 0.25) is 5.02 Å². The second-order valence-corrected chi connectivity index (χ2v) is 5.26. The summed E-state index contributed by atoms with van der Waals surface area (Å²) in [5, 5.41) is 0.347. The summed E-state index contributed by atoms with van der Waals surface area (Å²) in [6, 6.07) is 4.24. The molecule has 5 nitrogen and oxygen atoms in total. The lowest BCUT2D eigenvalue weighted by molar-refractivity contribution is -0.126. The van der Waals surface area contributed by atoms with Gasteiger partial charge in [0, 0.05) is 17.7 Å². The minimum atomic E-state index is -0.540. The van der Waals surface area contributed by atoms with Crippen LogP contribution >= 0.6 is 11.6 Å². The first kappa shape index (κ1) is 15.4. The van der Waals surface area contributed by atoms with Crippen molar-refractivity contribution in [3.63, 3.8) is 0 Å². The zero-order valence-electron chi connectivity index (χ0n) is 11.4. The largest absolute Gasteiger partial charge is 0.327 e. The van der Waals surface area contributed by atoms with E-state index in [0.29, 0.717) is 29.1 Å². The Kier molecular flexibility index (Phi) is 4.84. The molecule has 110 valence electrons. The molecule has 1 aliphatic rings. The highest BCUT2D eigenvalue weighted by molar-refractivity contribution is 6.32. The number of hydrazine groups is 1. The molecule has 1 atom stereocenters. The Morgan fingerprint density at radius 1 is 1.43 bits per heavy atom. The third-order valence-corrected chi connectivity index (χ3v) is 3.89. The van der Waals surface area contributed by atoms with Crippen LogP contribution in [0.5, 0.6) is 0 Å². The maximum atomic E-state index is 12.6. The molecular weight excluding hydrogens is 290 g/mol. The molecule has 0 saturated carbocycles. The van der Waals surface area contributed by atoms with Crippen LogP contribution in [0.1, 0.15) is 35.2 Å². The molecule has 0 aliphatic carbocycles. The number of piperidine rings is 1. The van der Waals surface area contributed by atoms with E-state index >= 15 is 0 Å². The number of likely N-dealkylation sites (tertiary alicyclic amines) is 1. The van der Waals surface area contributed by atoms with Crippen LogP contribution in [0.25, 0.3) is 0 Å². The maximum Gasteiger partial charge on any atom is 0.256 e. The average molecular weight is 306 g/mol. The fourth-order valence-corrected chi connectivity index (χ4v) is 2.71. The van der Waals surface area contributed by atoms with E-state index in [1.54, 1.807) is 12.1 Å². The van der Waals surface area contributed by atoms with Crippen LogP contribution in [0.3, 0.4) is 0 Å². The second-order valence-electron chi connectivity index (χ2n) is 4.86. The van der Waals surface area contributed by atoms with E-state index < -0.39 is 6.04 Å². The number of nitrogens with one attached hydrogen (secondary N) is 1. The highest BCUT2D eigenvalue weighted by Gasteiger charge is 2.32. The van der Waals surface area contributed by atoms with Crippen molar-refractivity contribution in [1.29, 1.82) is 0 Å². The molecule has 0 bridgehead atoms. The van der Waals surface area contributed by atoms with Crippen molar-refractivity contribution in [2.24, 2.45) is 5.84 Å². The van der Waals surface area contributed by atoms with E-state index in [2.05, 4.69) is 11.3 Å². The van der Waals surface area contributed by atoms with Gasteiger partial charge >= 0.3 is 0 Å². The van der Waals surface area contributed by atoms with Gasteiger partial charge in [-0.25, -0.2) is 5.84 Å². The average Bonchev–Trinajstić information content (AvgIpc) is 2.53. The number of nitrogens with two attached hydrogens (primary N) is 1. The second kappa shape index (κ2) is 6.61. The van der Waals surface area contributed by atoms with Gasteiger partial charge in [-0.15, -0.1) is 6.42 Å². The first-order valence-corrected chi connectivity index (χ1v) is 7.04. The van der Waals surface area contributed by atoms with Gasteiger partial charge in [0.2, 0.25) is 0 Å². The molecule has 3 N–H and O–H groups in total. The minimum Gasteiger partial charge on any atom is -0.327 e. The third-order valence-electron chi connectivity index (χ3n) is 3.58. The van der Waals surface area contributed by atoms with E-state index in [1.807, 2.05) is 0 Å². The molecule has 0 aromatic heterocycles. The summed E-state index contributed by atoms with van der Waals surface area (Å²) >= 11 is 6.03. The number of benzene rings is 1. The number of carbonyl (C=O) groups excluding carboxylic acids is 2. The number of halogens is 1. The summed E-state index contributed by atoms with van der Waals surface area (Å²) in [6.45, 7) is 0.519. The van der Waals surface area contributed by atoms with Crippen molar-refractivity contribution in [1.82, 2.24) is 10.3 Å². The molecule has 6 heteroatoms. The fraction of sp³-hybridized carbons (Fsp3) is 0.333. The Hall–Kier alpha value is -2.03. The van der Waals surface area contributed by atoms with Crippen LogP contribution in [-0.2, 0) is 4.79 Å². The molecule has 1 heterocycles. The maximum absolute atomic E-state index is 12.6. The molecule has 1 aliphatic heterocycles. The zero-order valence-corrected chi connectivity index (χ0v) is 12.2. The Labute approximate surface area is 128 Å². The Morgan fingerprint density at radius 2 is 2.19 bits per heavy atom. The van der Waals surface area contributed by atoms with E-state index in [-0.39, 0.29) is 11.8 Å². The summed E-state index contributed by atoms with van der Waals surface area (Å²) in [7, 11) is 0. The Balaban J connectivity index is 2.27. The number of carbonyl (C=O) groups is 2. The van der Waals surface area contributed by atoms with Crippen LogP contribution in [0, 0.1) is 12.3 Å². The number of terminal acetylenes is 1. The van der Waals surface area contributed by atoms with Gasteiger partial charge in [0.15, 0.2) is 0 Å². The van der Waals surface area contributed by atoms with Gasteiger partial charge in [0.1, 0.15) is 6.04 Å². The summed E-state index contributed by atoms with van der Waals surface area (Å²) in [5.41, 5.74) is 3.06. The van der Waals surface area contributed by atoms with Crippen molar-refractivity contribution < 1.29 is 9.59 Å². The number of hydrogen-bond donors (Lipinski definition) is 2. The minimum absolute atomic E-state index is 0.242. The third kappa shape index (κ3) is 3.18. The van der Waals surface area contributed by atoms with E-state index in [4.69, 9.17) is 23.9 Å². The first-order valence-electron chi connectivity index (χ1n) is 6.66. The molecule has 1 fully saturated rings. The molecule has 0 radical (unpaired) electrons. The SMILES string of the molecule is C#Cc1ccc(C(=O)N2CCCC[C@H]2C(=O)NN)cc1Cl. The molecular formula is C15H16ClN3O2. The highest BCUT2D eigenvalue weighted by atomic mass is 35.5. The molecule has 1 aromatic rings. The van der Waals surface area contributed by atoms with Crippen LogP contribution in [0.15, 0.2) is 18.2 Å². The normalized spacial score (nSPS) is 18.0. The lowest BCUT2D eigenvalue weighted by Gasteiger charge is -2.34. The smallest absolute Gasteiger partial charge is 0.256 e. The quantitative estimate of drug-likeness (QED) is 0.374. The van der Waals surface area contributed by atoms with Crippen molar-refractivity contribution in [2.45, 2.75) is 25.3 Å². The van der Waals surface area contributed by atoms with Crippen molar-refractivity contribution in [2.75, 3.05) is 6.54 Å².